The van der Waals surface area contributed by atoms with Crippen LogP contribution < -0.4 is 0 Å². The second-order valence-corrected chi connectivity index (χ2v) is 1.22. The topological polar surface area (TPSA) is 23.8 Å². The van der Waals surface area contributed by atoms with Crippen LogP contribution in [0.1, 0.15) is 0 Å². The molecule has 0 atom stereocenters. The molecule has 0 fully saturated rings. The van der Waals surface area contributed by atoms with Crippen LogP contribution in [-0.4, -0.2) is 0 Å². The SMILES string of the molecule is Fc1cc[c-]cc1.[C-]#N.[Zn+2]. The maximum atomic E-state index is 11.9. The van der Waals surface area contributed by atoms with Crippen molar-refractivity contribution in [2.75, 3.05) is 0 Å². The fraction of sp³-hybridized carbons (Fsp3) is 0. The summed E-state index contributed by atoms with van der Waals surface area (Å²) < 4.78 is 11.9. The van der Waals surface area contributed by atoms with Crippen molar-refractivity contribution in [1.29, 1.82) is 5.26 Å². The summed E-state index contributed by atoms with van der Waals surface area (Å²) in [6.45, 7) is 4.75. The summed E-state index contributed by atoms with van der Waals surface area (Å²) in [6.07, 6.45) is 0. The number of nitrogens with zero attached hydrogens (tertiary/aromatic N) is 1. The van der Waals surface area contributed by atoms with Gasteiger partial charge in [0.05, 0.1) is 0 Å². The van der Waals surface area contributed by atoms with Gasteiger partial charge in [-0.15, -0.1) is 12.1 Å². The Morgan fingerprint density at radius 2 is 1.70 bits per heavy atom. The second-order valence-electron chi connectivity index (χ2n) is 1.22. The molecule has 0 saturated carbocycles. The molecule has 0 amide bonds. The van der Waals surface area contributed by atoms with Crippen molar-refractivity contribution in [2.24, 2.45) is 0 Å². The van der Waals surface area contributed by atoms with Crippen molar-refractivity contribution in [3.05, 3.63) is 42.7 Å². The van der Waals surface area contributed by atoms with E-state index in [0.29, 0.717) is 0 Å². The number of benzene rings is 1. The number of rotatable bonds is 0. The van der Waals surface area contributed by atoms with Gasteiger partial charge in [-0.2, -0.15) is 18.2 Å². The Bertz CT molecular complexity index is 173. The molecule has 0 aromatic heterocycles. The fourth-order valence-corrected chi connectivity index (χ4v) is 0.367. The Balaban J connectivity index is 0. The number of hydrogen-bond donors (Lipinski definition) is 0. The average Bonchev–Trinajstić information content (AvgIpc) is 1.94. The summed E-state index contributed by atoms with van der Waals surface area (Å²) in [6, 6.07) is 8.49. The Kier molecular flexibility index (Phi) is 9.91. The summed E-state index contributed by atoms with van der Waals surface area (Å²) in [7, 11) is 0. The number of halogens is 1. The van der Waals surface area contributed by atoms with Crippen LogP contribution in [0.4, 0.5) is 4.39 Å². The molecule has 0 aliphatic heterocycles. The minimum absolute atomic E-state index is 0. The van der Waals surface area contributed by atoms with Gasteiger partial charge in [-0.3, -0.25) is 0 Å². The Morgan fingerprint density at radius 1 is 1.30 bits per heavy atom. The van der Waals surface area contributed by atoms with E-state index in [4.69, 9.17) is 11.8 Å². The minimum Gasteiger partial charge on any atom is -0.512 e. The van der Waals surface area contributed by atoms with E-state index in [9.17, 15) is 4.39 Å². The third-order valence-electron chi connectivity index (χ3n) is 0.678. The number of hydrogen-bond acceptors (Lipinski definition) is 1. The van der Waals surface area contributed by atoms with Gasteiger partial charge in [0.25, 0.3) is 0 Å². The van der Waals surface area contributed by atoms with Gasteiger partial charge in [0.2, 0.25) is 0 Å². The molecule has 46 valence electrons. The van der Waals surface area contributed by atoms with Crippen molar-refractivity contribution in [3.63, 3.8) is 0 Å². The summed E-state index contributed by atoms with van der Waals surface area (Å²) in [5.41, 5.74) is 0. The Labute approximate surface area is 72.2 Å². The van der Waals surface area contributed by atoms with E-state index in [1.54, 1.807) is 0 Å². The molecule has 0 spiro atoms. The van der Waals surface area contributed by atoms with Crippen LogP contribution >= 0.6 is 0 Å². The van der Waals surface area contributed by atoms with E-state index in [0.717, 1.165) is 0 Å². The van der Waals surface area contributed by atoms with E-state index in [2.05, 4.69) is 6.07 Å². The van der Waals surface area contributed by atoms with E-state index in [1.165, 1.54) is 24.3 Å². The first kappa shape index (κ1) is 12.0. The molecule has 1 aromatic carbocycles. The molecular weight excluding hydrogens is 182 g/mol. The van der Waals surface area contributed by atoms with E-state index >= 15 is 0 Å². The fourth-order valence-electron chi connectivity index (χ4n) is 0.367. The predicted molar refractivity (Wildman–Crippen MR) is 30.2 cm³/mol. The molecule has 0 N–H and O–H groups in total. The summed E-state index contributed by atoms with van der Waals surface area (Å²) >= 11 is 0. The normalized spacial score (nSPS) is 6.30. The quantitative estimate of drug-likeness (QED) is 0.447. The molecule has 1 aromatic rings. The zero-order valence-electron chi connectivity index (χ0n) is 5.34. The smallest absolute Gasteiger partial charge is 0.512 e. The van der Waals surface area contributed by atoms with Gasteiger partial charge in [-0.25, -0.2) is 4.39 Å². The minimum atomic E-state index is -0.209. The molecule has 3 heteroatoms. The maximum Gasteiger partial charge on any atom is 2.00 e. The monoisotopic (exact) mass is 185 g/mol. The van der Waals surface area contributed by atoms with Gasteiger partial charge in [0.15, 0.2) is 0 Å². The van der Waals surface area contributed by atoms with Crippen LogP contribution in [0.25, 0.3) is 0 Å². The molecule has 1 rings (SSSR count). The molecule has 0 aliphatic rings. The summed E-state index contributed by atoms with van der Waals surface area (Å²) in [5.74, 6) is -0.209. The van der Waals surface area contributed by atoms with Gasteiger partial charge < -0.3 is 11.8 Å². The predicted octanol–water partition coefficient (Wildman–Crippen LogP) is 1.72. The zero-order chi connectivity index (χ0) is 7.11. The first-order valence-electron chi connectivity index (χ1n) is 2.23. The second kappa shape index (κ2) is 8.26. The van der Waals surface area contributed by atoms with Gasteiger partial charge in [-0.1, -0.05) is 0 Å². The molecule has 0 radical (unpaired) electrons. The zero-order valence-corrected chi connectivity index (χ0v) is 8.31. The third-order valence-corrected chi connectivity index (χ3v) is 0.678. The van der Waals surface area contributed by atoms with Crippen molar-refractivity contribution < 1.29 is 23.9 Å². The molecule has 0 heterocycles. The van der Waals surface area contributed by atoms with Crippen LogP contribution in [0.3, 0.4) is 0 Å². The summed E-state index contributed by atoms with van der Waals surface area (Å²) in [5, 5.41) is 6.25. The molecular formula is C7H4FNZn. The third kappa shape index (κ3) is 5.40. The maximum absolute atomic E-state index is 11.9. The largest absolute Gasteiger partial charge is 2.00 e. The van der Waals surface area contributed by atoms with Crippen LogP contribution in [0, 0.1) is 23.7 Å². The van der Waals surface area contributed by atoms with Gasteiger partial charge in [0, 0.05) is 5.82 Å². The standard InChI is InChI=1S/C6H4F.CN.Zn/c7-6-4-2-1-3-5-6;1-2;/h2-5H;;/q2*-1;+2. The van der Waals surface area contributed by atoms with E-state index < -0.39 is 0 Å². The van der Waals surface area contributed by atoms with Crippen LogP contribution in [0.15, 0.2) is 24.3 Å². The van der Waals surface area contributed by atoms with Crippen molar-refractivity contribution in [3.8, 4) is 0 Å². The van der Waals surface area contributed by atoms with Crippen LogP contribution in [0.5, 0.6) is 0 Å². The van der Waals surface area contributed by atoms with Crippen LogP contribution in [-0.2, 0) is 19.5 Å². The van der Waals surface area contributed by atoms with Gasteiger partial charge in [0.1, 0.15) is 0 Å². The van der Waals surface area contributed by atoms with E-state index in [-0.39, 0.29) is 25.3 Å². The molecule has 10 heavy (non-hydrogen) atoms. The Hall–Kier alpha value is -0.737. The Morgan fingerprint density at radius 3 is 1.90 bits per heavy atom. The molecule has 1 nitrogen and oxygen atoms in total. The molecule has 0 saturated heterocycles. The van der Waals surface area contributed by atoms with Crippen molar-refractivity contribution >= 4 is 0 Å². The van der Waals surface area contributed by atoms with Crippen molar-refractivity contribution in [2.45, 2.75) is 0 Å². The molecule has 0 aliphatic carbocycles. The molecule has 0 bridgehead atoms. The van der Waals surface area contributed by atoms with Crippen LogP contribution in [0.2, 0.25) is 0 Å². The average molecular weight is 187 g/mol. The van der Waals surface area contributed by atoms with Crippen molar-refractivity contribution in [1.82, 2.24) is 0 Å². The summed E-state index contributed by atoms with van der Waals surface area (Å²) in [4.78, 5) is 0. The molecule has 0 unspecified atom stereocenters. The van der Waals surface area contributed by atoms with E-state index in [1.807, 2.05) is 0 Å². The van der Waals surface area contributed by atoms with Gasteiger partial charge in [-0.05, 0) is 0 Å². The first-order valence-corrected chi connectivity index (χ1v) is 2.23. The van der Waals surface area contributed by atoms with Gasteiger partial charge >= 0.3 is 19.5 Å². The first-order chi connectivity index (χ1) is 4.39.